The van der Waals surface area contributed by atoms with E-state index >= 15 is 0 Å². The molecule has 0 unspecified atom stereocenters. The lowest BCUT2D eigenvalue weighted by Gasteiger charge is -2.28. The van der Waals surface area contributed by atoms with E-state index in [1.807, 2.05) is 18.2 Å². The van der Waals surface area contributed by atoms with Crippen LogP contribution in [0.1, 0.15) is 11.1 Å². The first-order valence-corrected chi connectivity index (χ1v) is 11.6. The maximum absolute atomic E-state index is 12.9. The van der Waals surface area contributed by atoms with Crippen LogP contribution in [0, 0.1) is 0 Å². The molecule has 1 N–H and O–H groups in total. The number of sulfonamides is 1. The van der Waals surface area contributed by atoms with Crippen molar-refractivity contribution in [2.24, 2.45) is 0 Å². The first kappa shape index (κ1) is 21.4. The average Bonchev–Trinajstić information content (AvgIpc) is 2.78. The molecule has 1 heterocycles. The molecule has 0 aromatic heterocycles. The predicted molar refractivity (Wildman–Crippen MR) is 120 cm³/mol. The summed E-state index contributed by atoms with van der Waals surface area (Å²) in [6.07, 6.45) is 0.616. The topological polar surface area (TPSA) is 75.7 Å². The molecule has 0 spiro atoms. The van der Waals surface area contributed by atoms with Crippen LogP contribution in [0.4, 0.5) is 5.69 Å². The Morgan fingerprint density at radius 2 is 1.74 bits per heavy atom. The van der Waals surface area contributed by atoms with Crippen LogP contribution < -0.4 is 10.1 Å². The van der Waals surface area contributed by atoms with Crippen molar-refractivity contribution in [1.29, 1.82) is 0 Å². The summed E-state index contributed by atoms with van der Waals surface area (Å²) in [5.74, 6) is 0.107. The number of rotatable bonds is 6. The molecule has 0 saturated carbocycles. The molecule has 0 atom stereocenters. The number of amides is 1. The molecule has 8 heteroatoms. The highest BCUT2D eigenvalue weighted by Gasteiger charge is 2.28. The normalized spacial score (nSPS) is 14.0. The van der Waals surface area contributed by atoms with Crippen molar-refractivity contribution in [3.8, 4) is 5.75 Å². The Bertz CT molecular complexity index is 1200. The van der Waals surface area contributed by atoms with Crippen LogP contribution in [0.25, 0.3) is 0 Å². The van der Waals surface area contributed by atoms with Crippen LogP contribution in [0.3, 0.4) is 0 Å². The number of carbonyl (C=O) groups excluding carboxylic acids is 1. The van der Waals surface area contributed by atoms with Gasteiger partial charge < -0.3 is 10.1 Å². The zero-order valence-electron chi connectivity index (χ0n) is 16.6. The Balaban J connectivity index is 1.43. The number of carbonyl (C=O) groups is 1. The lowest BCUT2D eigenvalue weighted by Crippen LogP contribution is -2.36. The second-order valence-corrected chi connectivity index (χ2v) is 9.50. The number of hydrogen-bond acceptors (Lipinski definition) is 4. The molecule has 3 aromatic rings. The number of para-hydroxylation sites is 1. The second kappa shape index (κ2) is 9.09. The van der Waals surface area contributed by atoms with Gasteiger partial charge >= 0.3 is 0 Å². The maximum Gasteiger partial charge on any atom is 0.262 e. The molecular weight excluding hydrogens is 436 g/mol. The minimum atomic E-state index is -3.57. The maximum atomic E-state index is 12.9. The van der Waals surface area contributed by atoms with Crippen molar-refractivity contribution >= 4 is 33.2 Å². The minimum Gasteiger partial charge on any atom is -0.482 e. The van der Waals surface area contributed by atoms with Crippen LogP contribution in [0.2, 0.25) is 5.02 Å². The Hall–Kier alpha value is -2.87. The van der Waals surface area contributed by atoms with E-state index in [-0.39, 0.29) is 24.0 Å². The zero-order chi connectivity index (χ0) is 21.8. The second-order valence-electron chi connectivity index (χ2n) is 7.15. The van der Waals surface area contributed by atoms with Gasteiger partial charge in [-0.2, -0.15) is 4.31 Å². The Morgan fingerprint density at radius 1 is 1.00 bits per heavy atom. The fraction of sp³-hybridized carbons (Fsp3) is 0.174. The van der Waals surface area contributed by atoms with Gasteiger partial charge in [-0.25, -0.2) is 8.42 Å². The third-order valence-corrected chi connectivity index (χ3v) is 7.22. The average molecular weight is 457 g/mol. The summed E-state index contributed by atoms with van der Waals surface area (Å²) < 4.78 is 32.8. The number of nitrogens with zero attached hydrogens (tertiary/aromatic N) is 1. The number of nitrogens with one attached hydrogen (secondary N) is 1. The van der Waals surface area contributed by atoms with Crippen molar-refractivity contribution in [1.82, 2.24) is 4.31 Å². The van der Waals surface area contributed by atoms with Gasteiger partial charge in [0, 0.05) is 18.8 Å². The molecule has 4 rings (SSSR count). The highest BCUT2D eigenvalue weighted by Crippen LogP contribution is 2.27. The molecule has 1 aliphatic rings. The van der Waals surface area contributed by atoms with Crippen molar-refractivity contribution in [2.45, 2.75) is 17.9 Å². The van der Waals surface area contributed by atoms with Crippen molar-refractivity contribution in [3.63, 3.8) is 0 Å². The number of anilines is 1. The van der Waals surface area contributed by atoms with E-state index in [4.69, 9.17) is 16.3 Å². The number of fused-ring (bicyclic) bond motifs is 1. The number of halogens is 1. The summed E-state index contributed by atoms with van der Waals surface area (Å²) in [6, 6.07) is 20.9. The largest absolute Gasteiger partial charge is 0.482 e. The minimum absolute atomic E-state index is 0.185. The predicted octanol–water partition coefficient (Wildman–Crippen LogP) is 4.10. The lowest BCUT2D eigenvalue weighted by molar-refractivity contribution is -0.118. The van der Waals surface area contributed by atoms with Crippen LogP contribution in [0.5, 0.6) is 5.75 Å². The van der Waals surface area contributed by atoms with Gasteiger partial charge in [-0.1, -0.05) is 48.0 Å². The van der Waals surface area contributed by atoms with Crippen molar-refractivity contribution in [3.05, 3.63) is 88.9 Å². The van der Waals surface area contributed by atoms with Gasteiger partial charge in [-0.3, -0.25) is 4.79 Å². The van der Waals surface area contributed by atoms with Gasteiger partial charge in [0.2, 0.25) is 10.0 Å². The third kappa shape index (κ3) is 4.90. The third-order valence-electron chi connectivity index (χ3n) is 5.04. The summed E-state index contributed by atoms with van der Waals surface area (Å²) in [5.41, 5.74) is 2.53. The van der Waals surface area contributed by atoms with Gasteiger partial charge in [0.25, 0.3) is 5.91 Å². The molecule has 6 nitrogen and oxygen atoms in total. The highest BCUT2D eigenvalue weighted by atomic mass is 35.5. The molecule has 31 heavy (non-hydrogen) atoms. The molecule has 0 fully saturated rings. The number of ether oxygens (including phenoxy) is 1. The van der Waals surface area contributed by atoms with E-state index in [0.717, 1.165) is 11.1 Å². The van der Waals surface area contributed by atoms with Gasteiger partial charge in [0.05, 0.1) is 9.92 Å². The Morgan fingerprint density at radius 3 is 2.52 bits per heavy atom. The molecule has 0 radical (unpaired) electrons. The van der Waals surface area contributed by atoms with Crippen LogP contribution in [0.15, 0.2) is 77.7 Å². The summed E-state index contributed by atoms with van der Waals surface area (Å²) in [4.78, 5) is 12.6. The summed E-state index contributed by atoms with van der Waals surface area (Å²) >= 11 is 6.03. The van der Waals surface area contributed by atoms with Crippen LogP contribution >= 0.6 is 11.6 Å². The van der Waals surface area contributed by atoms with Gasteiger partial charge in [0.15, 0.2) is 6.61 Å². The Kier molecular flexibility index (Phi) is 6.27. The lowest BCUT2D eigenvalue weighted by atomic mass is 10.0. The van der Waals surface area contributed by atoms with Crippen LogP contribution in [-0.4, -0.2) is 31.8 Å². The quantitative estimate of drug-likeness (QED) is 0.605. The van der Waals surface area contributed by atoms with Gasteiger partial charge in [-0.15, -0.1) is 0 Å². The SMILES string of the molecule is O=C(COc1ccccc1Cl)Nc1ccc2c(c1)CN(S(=O)(=O)c1ccccc1)CC2. The molecular formula is C23H21ClN2O4S. The molecule has 0 saturated heterocycles. The molecule has 1 amide bonds. The summed E-state index contributed by atoms with van der Waals surface area (Å²) in [6.45, 7) is 0.489. The monoisotopic (exact) mass is 456 g/mol. The Labute approximate surface area is 186 Å². The number of hydrogen-bond donors (Lipinski definition) is 1. The zero-order valence-corrected chi connectivity index (χ0v) is 18.2. The van der Waals surface area contributed by atoms with E-state index in [2.05, 4.69) is 5.32 Å². The molecule has 0 aliphatic carbocycles. The number of benzene rings is 3. The van der Waals surface area contributed by atoms with Crippen molar-refractivity contribution < 1.29 is 17.9 Å². The molecule has 1 aliphatic heterocycles. The van der Waals surface area contributed by atoms with E-state index < -0.39 is 10.0 Å². The van der Waals surface area contributed by atoms with E-state index in [1.54, 1.807) is 54.6 Å². The van der Waals surface area contributed by atoms with Gasteiger partial charge in [0.1, 0.15) is 5.75 Å². The smallest absolute Gasteiger partial charge is 0.262 e. The summed E-state index contributed by atoms with van der Waals surface area (Å²) in [7, 11) is -3.57. The standard InChI is InChI=1S/C23H21ClN2O4S/c24-21-8-4-5-9-22(21)30-16-23(27)25-19-11-10-17-12-13-26(15-18(17)14-19)31(28,29)20-6-2-1-3-7-20/h1-11,14H,12-13,15-16H2,(H,25,27). The van der Waals surface area contributed by atoms with E-state index in [9.17, 15) is 13.2 Å². The first-order valence-electron chi connectivity index (χ1n) is 9.78. The van der Waals surface area contributed by atoms with Crippen LogP contribution in [-0.2, 0) is 27.8 Å². The van der Waals surface area contributed by atoms with E-state index in [1.165, 1.54) is 4.31 Å². The summed E-state index contributed by atoms with van der Waals surface area (Å²) in [5, 5.41) is 3.23. The molecule has 0 bridgehead atoms. The fourth-order valence-corrected chi connectivity index (χ4v) is 5.09. The van der Waals surface area contributed by atoms with E-state index in [0.29, 0.717) is 29.4 Å². The molecule has 160 valence electrons. The fourth-order valence-electron chi connectivity index (χ4n) is 3.46. The van der Waals surface area contributed by atoms with Gasteiger partial charge in [-0.05, 0) is 53.9 Å². The highest BCUT2D eigenvalue weighted by molar-refractivity contribution is 7.89. The molecule has 3 aromatic carbocycles. The van der Waals surface area contributed by atoms with Crippen molar-refractivity contribution in [2.75, 3.05) is 18.5 Å². The first-order chi connectivity index (χ1) is 14.9.